The average Bonchev–Trinajstić information content (AvgIpc) is 2.66. The minimum atomic E-state index is 0.624. The van der Waals surface area contributed by atoms with Crippen molar-refractivity contribution in [3.8, 4) is 0 Å². The van der Waals surface area contributed by atoms with E-state index >= 15 is 0 Å². The lowest BCUT2D eigenvalue weighted by Crippen LogP contribution is -2.09. The second-order valence-corrected chi connectivity index (χ2v) is 3.81. The Morgan fingerprint density at radius 2 is 2.27 bits per heavy atom. The van der Waals surface area contributed by atoms with Gasteiger partial charge in [0.25, 0.3) is 0 Å². The molecule has 1 aromatic heterocycles. The fourth-order valence-electron chi connectivity index (χ4n) is 1.06. The number of aromatic nitrogens is 3. The molecule has 0 aliphatic heterocycles. The monoisotopic (exact) mass is 277 g/mol. The van der Waals surface area contributed by atoms with E-state index in [2.05, 4.69) is 26.2 Å². The van der Waals surface area contributed by atoms with E-state index in [1.807, 2.05) is 6.20 Å². The largest absolute Gasteiger partial charge is 0.382 e. The van der Waals surface area contributed by atoms with Gasteiger partial charge in [0.15, 0.2) is 0 Å². The topological polar surface area (TPSA) is 49.2 Å². The lowest BCUT2D eigenvalue weighted by atomic mass is 10.4. The van der Waals surface area contributed by atoms with E-state index in [4.69, 9.17) is 9.47 Å². The lowest BCUT2D eigenvalue weighted by Gasteiger charge is -2.02. The van der Waals surface area contributed by atoms with E-state index in [1.165, 1.54) is 0 Å². The Labute approximate surface area is 97.9 Å². The molecule has 0 aliphatic rings. The molecule has 86 valence electrons. The maximum atomic E-state index is 5.32. The molecule has 0 aromatic carbocycles. The van der Waals surface area contributed by atoms with Crippen molar-refractivity contribution in [3.63, 3.8) is 0 Å². The molecular weight excluding hydrogens is 262 g/mol. The Kier molecular flexibility index (Phi) is 6.54. The number of hydrogen-bond acceptors (Lipinski definition) is 4. The number of halogens is 1. The fourth-order valence-corrected chi connectivity index (χ4v) is 1.47. The highest BCUT2D eigenvalue weighted by Crippen LogP contribution is 1.97. The molecule has 0 saturated carbocycles. The molecule has 0 atom stereocenters. The van der Waals surface area contributed by atoms with Crippen LogP contribution in [-0.2, 0) is 22.4 Å². The number of nitrogens with zero attached hydrogens (tertiary/aromatic N) is 3. The van der Waals surface area contributed by atoms with Crippen LogP contribution in [0.2, 0.25) is 0 Å². The van der Waals surface area contributed by atoms with Crippen LogP contribution in [0.5, 0.6) is 0 Å². The number of alkyl halides is 1. The van der Waals surface area contributed by atoms with Crippen LogP contribution in [0.1, 0.15) is 5.69 Å². The third-order valence-corrected chi connectivity index (χ3v) is 2.23. The van der Waals surface area contributed by atoms with Gasteiger partial charge in [-0.05, 0) is 0 Å². The summed E-state index contributed by atoms with van der Waals surface area (Å²) in [5.41, 5.74) is 1.00. The molecule has 1 aromatic rings. The molecule has 0 aliphatic carbocycles. The van der Waals surface area contributed by atoms with Gasteiger partial charge in [-0.1, -0.05) is 21.1 Å². The van der Waals surface area contributed by atoms with E-state index in [-0.39, 0.29) is 0 Å². The number of methoxy groups -OCH3 is 1. The second kappa shape index (κ2) is 7.78. The summed E-state index contributed by atoms with van der Waals surface area (Å²) in [6.45, 7) is 2.63. The number of hydrogen-bond donors (Lipinski definition) is 0. The third kappa shape index (κ3) is 5.25. The van der Waals surface area contributed by atoms with Crippen LogP contribution in [0.4, 0.5) is 0 Å². The molecule has 0 bridgehead atoms. The zero-order valence-electron chi connectivity index (χ0n) is 8.86. The van der Waals surface area contributed by atoms with Crippen LogP contribution in [-0.4, -0.2) is 47.3 Å². The van der Waals surface area contributed by atoms with Crippen molar-refractivity contribution in [2.45, 2.75) is 13.0 Å². The van der Waals surface area contributed by atoms with Crippen molar-refractivity contribution in [2.24, 2.45) is 0 Å². The first-order valence-corrected chi connectivity index (χ1v) is 6.00. The zero-order valence-corrected chi connectivity index (χ0v) is 10.4. The van der Waals surface area contributed by atoms with Crippen LogP contribution in [0.25, 0.3) is 0 Å². The Hall–Kier alpha value is -0.460. The summed E-state index contributed by atoms with van der Waals surface area (Å²) in [5.74, 6) is 0. The summed E-state index contributed by atoms with van der Waals surface area (Å²) < 4.78 is 12.0. The molecule has 0 fully saturated rings. The minimum absolute atomic E-state index is 0.624. The van der Waals surface area contributed by atoms with Crippen LogP contribution in [0.3, 0.4) is 0 Å². The van der Waals surface area contributed by atoms with Gasteiger partial charge in [-0.15, -0.1) is 5.10 Å². The van der Waals surface area contributed by atoms with E-state index in [9.17, 15) is 0 Å². The quantitative estimate of drug-likeness (QED) is 0.523. The highest BCUT2D eigenvalue weighted by atomic mass is 79.9. The summed E-state index contributed by atoms with van der Waals surface area (Å²) in [5, 5.41) is 8.92. The fraction of sp³-hybridized carbons (Fsp3) is 0.778. The Morgan fingerprint density at radius 3 is 3.00 bits per heavy atom. The highest BCUT2D eigenvalue weighted by molar-refractivity contribution is 9.09. The van der Waals surface area contributed by atoms with Crippen molar-refractivity contribution in [2.75, 3.05) is 32.3 Å². The maximum Gasteiger partial charge on any atom is 0.0835 e. The van der Waals surface area contributed by atoms with E-state index in [1.54, 1.807) is 11.8 Å². The van der Waals surface area contributed by atoms with Gasteiger partial charge in [-0.3, -0.25) is 0 Å². The molecule has 0 radical (unpaired) electrons. The van der Waals surface area contributed by atoms with Crippen LogP contribution < -0.4 is 0 Å². The number of aryl methyl sites for hydroxylation is 1. The SMILES string of the molecule is COCCOCCn1cc(CCBr)nn1. The molecule has 0 unspecified atom stereocenters. The number of ether oxygens (including phenoxy) is 2. The number of rotatable bonds is 8. The summed E-state index contributed by atoms with van der Waals surface area (Å²) in [4.78, 5) is 0. The molecule has 6 heteroatoms. The summed E-state index contributed by atoms with van der Waals surface area (Å²) in [7, 11) is 1.66. The maximum absolute atomic E-state index is 5.32. The van der Waals surface area contributed by atoms with Crippen molar-refractivity contribution < 1.29 is 9.47 Å². The van der Waals surface area contributed by atoms with E-state index in [0.29, 0.717) is 19.8 Å². The molecule has 15 heavy (non-hydrogen) atoms. The van der Waals surface area contributed by atoms with Gasteiger partial charge in [-0.25, -0.2) is 4.68 Å². The average molecular weight is 278 g/mol. The van der Waals surface area contributed by atoms with Crippen molar-refractivity contribution in [1.29, 1.82) is 0 Å². The Morgan fingerprint density at radius 1 is 1.40 bits per heavy atom. The van der Waals surface area contributed by atoms with Gasteiger partial charge in [0.1, 0.15) is 0 Å². The summed E-state index contributed by atoms with van der Waals surface area (Å²) in [6.07, 6.45) is 2.85. The molecule has 0 N–H and O–H groups in total. The second-order valence-electron chi connectivity index (χ2n) is 3.02. The molecule has 0 saturated heterocycles. The van der Waals surface area contributed by atoms with Crippen LogP contribution in [0.15, 0.2) is 6.20 Å². The van der Waals surface area contributed by atoms with Crippen LogP contribution in [0, 0.1) is 0 Å². The minimum Gasteiger partial charge on any atom is -0.382 e. The predicted molar refractivity (Wildman–Crippen MR) is 60.2 cm³/mol. The first kappa shape index (κ1) is 12.6. The van der Waals surface area contributed by atoms with E-state index in [0.717, 1.165) is 24.0 Å². The van der Waals surface area contributed by atoms with E-state index < -0.39 is 0 Å². The first-order chi connectivity index (χ1) is 7.36. The van der Waals surface area contributed by atoms with Gasteiger partial charge < -0.3 is 9.47 Å². The molecule has 0 spiro atoms. The first-order valence-electron chi connectivity index (χ1n) is 4.88. The smallest absolute Gasteiger partial charge is 0.0835 e. The van der Waals surface area contributed by atoms with Crippen molar-refractivity contribution >= 4 is 15.9 Å². The normalized spacial score (nSPS) is 10.8. The highest BCUT2D eigenvalue weighted by Gasteiger charge is 1.99. The lowest BCUT2D eigenvalue weighted by molar-refractivity contribution is 0.0652. The molecule has 1 heterocycles. The molecule has 5 nitrogen and oxygen atoms in total. The van der Waals surface area contributed by atoms with Crippen molar-refractivity contribution in [1.82, 2.24) is 15.0 Å². The summed E-state index contributed by atoms with van der Waals surface area (Å²) >= 11 is 3.36. The van der Waals surface area contributed by atoms with Gasteiger partial charge in [0, 0.05) is 25.1 Å². The Bertz CT molecular complexity index is 268. The third-order valence-electron chi connectivity index (χ3n) is 1.83. The van der Waals surface area contributed by atoms with Gasteiger partial charge in [-0.2, -0.15) is 0 Å². The van der Waals surface area contributed by atoms with Crippen LogP contribution >= 0.6 is 15.9 Å². The van der Waals surface area contributed by atoms with Crippen molar-refractivity contribution in [3.05, 3.63) is 11.9 Å². The van der Waals surface area contributed by atoms with Gasteiger partial charge in [0.2, 0.25) is 0 Å². The van der Waals surface area contributed by atoms with Gasteiger partial charge in [0.05, 0.1) is 32.1 Å². The Balaban J connectivity index is 2.14. The molecular formula is C9H16BrN3O2. The predicted octanol–water partition coefficient (Wildman–Crippen LogP) is 0.878. The molecule has 0 amide bonds. The summed E-state index contributed by atoms with van der Waals surface area (Å²) in [6, 6.07) is 0. The zero-order chi connectivity index (χ0) is 10.9. The molecule has 1 rings (SSSR count). The van der Waals surface area contributed by atoms with Gasteiger partial charge >= 0.3 is 0 Å². The standard InChI is InChI=1S/C9H16BrN3O2/c1-14-6-7-15-5-4-13-8-9(2-3-10)11-12-13/h8H,2-7H2,1H3.